The Morgan fingerprint density at radius 2 is 2.35 bits per heavy atom. The highest BCUT2D eigenvalue weighted by atomic mass is 16.7. The van der Waals surface area contributed by atoms with Crippen LogP contribution in [0.3, 0.4) is 0 Å². The molecule has 1 aliphatic carbocycles. The molecule has 2 saturated heterocycles. The van der Waals surface area contributed by atoms with E-state index in [1.807, 2.05) is 4.57 Å². The minimum Gasteiger partial charge on any atom is -0.382 e. The van der Waals surface area contributed by atoms with Crippen molar-refractivity contribution in [3.05, 3.63) is 12.7 Å². The molecular formula is C12H13N5O3. The van der Waals surface area contributed by atoms with Crippen LogP contribution in [0.4, 0.5) is 5.82 Å². The van der Waals surface area contributed by atoms with Gasteiger partial charge in [0.1, 0.15) is 17.4 Å². The number of hydrogen-bond donors (Lipinski definition) is 1. The molecule has 8 heteroatoms. The molecule has 3 fully saturated rings. The summed E-state index contributed by atoms with van der Waals surface area (Å²) in [7, 11) is 1.70. The van der Waals surface area contributed by atoms with Crippen LogP contribution in [0, 0.1) is 5.92 Å². The van der Waals surface area contributed by atoms with Crippen molar-refractivity contribution in [3.63, 3.8) is 0 Å². The van der Waals surface area contributed by atoms with Gasteiger partial charge in [-0.1, -0.05) is 0 Å². The van der Waals surface area contributed by atoms with Crippen molar-refractivity contribution in [1.29, 1.82) is 0 Å². The molecule has 2 aliphatic heterocycles. The van der Waals surface area contributed by atoms with Gasteiger partial charge in [0.2, 0.25) is 0 Å². The molecule has 104 valence electrons. The standard InChI is InChI=1S/C12H13N5O3/c1-18-12-6-5(2-19-8(6)12)20-11(12)17-4-16-7-9(13)14-3-15-10(7)17/h3-6,8,11H,2H2,1H3,(H2,13,14,15)/t5-,6?,8?,11-,12+/m1/s1. The van der Waals surface area contributed by atoms with E-state index in [1.165, 1.54) is 6.33 Å². The fourth-order valence-electron chi connectivity index (χ4n) is 3.78. The Morgan fingerprint density at radius 1 is 1.45 bits per heavy atom. The highest BCUT2D eigenvalue weighted by Crippen LogP contribution is 2.67. The summed E-state index contributed by atoms with van der Waals surface area (Å²) in [6.45, 7) is 0.626. The van der Waals surface area contributed by atoms with Crippen LogP contribution >= 0.6 is 0 Å². The molecule has 0 amide bonds. The normalized spacial score (nSPS) is 41.2. The lowest BCUT2D eigenvalue weighted by Gasteiger charge is -2.23. The van der Waals surface area contributed by atoms with E-state index in [2.05, 4.69) is 15.0 Å². The van der Waals surface area contributed by atoms with Crippen molar-refractivity contribution in [2.75, 3.05) is 19.5 Å². The summed E-state index contributed by atoms with van der Waals surface area (Å²) >= 11 is 0. The molecule has 0 radical (unpaired) electrons. The van der Waals surface area contributed by atoms with Crippen molar-refractivity contribution < 1.29 is 14.2 Å². The minimum atomic E-state index is -0.420. The highest BCUT2D eigenvalue weighted by molar-refractivity contribution is 5.81. The van der Waals surface area contributed by atoms with Gasteiger partial charge in [-0.2, -0.15) is 0 Å². The smallest absolute Gasteiger partial charge is 0.169 e. The van der Waals surface area contributed by atoms with Crippen LogP contribution in [-0.2, 0) is 14.2 Å². The van der Waals surface area contributed by atoms with Crippen molar-refractivity contribution in [1.82, 2.24) is 19.5 Å². The van der Waals surface area contributed by atoms with E-state index >= 15 is 0 Å². The summed E-state index contributed by atoms with van der Waals surface area (Å²) < 4.78 is 19.4. The van der Waals surface area contributed by atoms with Gasteiger partial charge in [-0.25, -0.2) is 15.0 Å². The Labute approximate surface area is 113 Å². The predicted octanol–water partition coefficient (Wildman–Crippen LogP) is -0.280. The Morgan fingerprint density at radius 3 is 3.15 bits per heavy atom. The molecule has 20 heavy (non-hydrogen) atoms. The second kappa shape index (κ2) is 3.27. The van der Waals surface area contributed by atoms with Crippen LogP contribution in [-0.4, -0.2) is 51.0 Å². The van der Waals surface area contributed by atoms with Gasteiger partial charge >= 0.3 is 0 Å². The summed E-state index contributed by atoms with van der Waals surface area (Å²) in [6.07, 6.45) is 3.02. The summed E-state index contributed by atoms with van der Waals surface area (Å²) in [5, 5.41) is 0. The van der Waals surface area contributed by atoms with Crippen molar-refractivity contribution >= 4 is 17.0 Å². The molecule has 2 aromatic rings. The molecule has 5 atom stereocenters. The van der Waals surface area contributed by atoms with Gasteiger partial charge in [0.25, 0.3) is 0 Å². The second-order valence-corrected chi connectivity index (χ2v) is 5.45. The van der Waals surface area contributed by atoms with Crippen LogP contribution in [0.15, 0.2) is 12.7 Å². The Balaban J connectivity index is 1.68. The van der Waals surface area contributed by atoms with Crippen LogP contribution in [0.2, 0.25) is 0 Å². The largest absolute Gasteiger partial charge is 0.382 e. The SMILES string of the molecule is CO[C@@]12C3OC[C@@H](O[C@H]1n1cnc4c(N)ncnc41)C32. The molecule has 2 aromatic heterocycles. The quantitative estimate of drug-likeness (QED) is 0.805. The molecule has 1 saturated carbocycles. The predicted molar refractivity (Wildman–Crippen MR) is 66.6 cm³/mol. The Kier molecular flexibility index (Phi) is 1.79. The zero-order valence-corrected chi connectivity index (χ0v) is 10.8. The maximum Gasteiger partial charge on any atom is 0.169 e. The first-order valence-electron chi connectivity index (χ1n) is 6.52. The van der Waals surface area contributed by atoms with Gasteiger partial charge < -0.3 is 19.9 Å². The third-order valence-electron chi connectivity index (χ3n) is 4.71. The molecule has 0 bridgehead atoms. The summed E-state index contributed by atoms with van der Waals surface area (Å²) in [5.74, 6) is 0.666. The highest BCUT2D eigenvalue weighted by Gasteiger charge is 2.82. The molecule has 0 aromatic carbocycles. The molecular weight excluding hydrogens is 262 g/mol. The van der Waals surface area contributed by atoms with Crippen molar-refractivity contribution in [2.45, 2.75) is 24.0 Å². The number of ether oxygens (including phenoxy) is 3. The van der Waals surface area contributed by atoms with Crippen LogP contribution in [0.1, 0.15) is 6.23 Å². The summed E-state index contributed by atoms with van der Waals surface area (Å²) in [4.78, 5) is 12.5. The van der Waals surface area contributed by atoms with E-state index in [0.29, 0.717) is 29.5 Å². The first kappa shape index (κ1) is 11.0. The average Bonchev–Trinajstić information content (AvgIpc) is 2.79. The average molecular weight is 275 g/mol. The number of nitrogens with zero attached hydrogens (tertiary/aromatic N) is 4. The lowest BCUT2D eigenvalue weighted by Crippen LogP contribution is -2.31. The third kappa shape index (κ3) is 1.00. The second-order valence-electron chi connectivity index (χ2n) is 5.45. The Hall–Kier alpha value is -1.77. The maximum atomic E-state index is 6.07. The van der Waals surface area contributed by atoms with Gasteiger partial charge in [-0.3, -0.25) is 4.57 Å². The number of anilines is 1. The van der Waals surface area contributed by atoms with Gasteiger partial charge in [-0.15, -0.1) is 0 Å². The number of methoxy groups -OCH3 is 1. The lowest BCUT2D eigenvalue weighted by atomic mass is 10.2. The molecule has 4 heterocycles. The number of hydrogen-bond acceptors (Lipinski definition) is 7. The fraction of sp³-hybridized carbons (Fsp3) is 0.583. The number of imidazole rings is 1. The van der Waals surface area contributed by atoms with E-state index in [4.69, 9.17) is 19.9 Å². The van der Waals surface area contributed by atoms with Crippen molar-refractivity contribution in [2.24, 2.45) is 5.92 Å². The maximum absolute atomic E-state index is 6.07. The molecule has 5 rings (SSSR count). The molecule has 2 unspecified atom stereocenters. The van der Waals surface area contributed by atoms with E-state index < -0.39 is 5.60 Å². The first-order chi connectivity index (χ1) is 9.77. The van der Waals surface area contributed by atoms with Crippen LogP contribution in [0.5, 0.6) is 0 Å². The van der Waals surface area contributed by atoms with Crippen molar-refractivity contribution in [3.8, 4) is 0 Å². The minimum absolute atomic E-state index is 0.0848. The monoisotopic (exact) mass is 275 g/mol. The molecule has 3 aliphatic rings. The number of nitrogens with two attached hydrogens (primary N) is 1. The zero-order chi connectivity index (χ0) is 13.5. The summed E-state index contributed by atoms with van der Waals surface area (Å²) in [5.41, 5.74) is 6.64. The fourth-order valence-corrected chi connectivity index (χ4v) is 3.78. The molecule has 0 spiro atoms. The third-order valence-corrected chi connectivity index (χ3v) is 4.71. The Bertz CT molecular complexity index is 718. The molecule has 8 nitrogen and oxygen atoms in total. The van der Waals surface area contributed by atoms with Gasteiger partial charge in [0.15, 0.2) is 17.7 Å². The van der Waals surface area contributed by atoms with Gasteiger partial charge in [0, 0.05) is 7.11 Å². The summed E-state index contributed by atoms with van der Waals surface area (Å²) in [6, 6.07) is 0. The van der Waals surface area contributed by atoms with Crippen LogP contribution in [0.25, 0.3) is 11.2 Å². The molecule has 2 N–H and O–H groups in total. The van der Waals surface area contributed by atoms with E-state index in [0.717, 1.165) is 0 Å². The number of rotatable bonds is 2. The first-order valence-corrected chi connectivity index (χ1v) is 6.52. The van der Waals surface area contributed by atoms with E-state index in [1.54, 1.807) is 13.4 Å². The number of nitrogen functional groups attached to an aromatic ring is 1. The number of fused-ring (bicyclic) bond motifs is 2. The zero-order valence-electron chi connectivity index (χ0n) is 10.8. The van der Waals surface area contributed by atoms with Gasteiger partial charge in [-0.05, 0) is 0 Å². The topological polar surface area (TPSA) is 97.3 Å². The number of aromatic nitrogens is 4. The van der Waals surface area contributed by atoms with E-state index in [-0.39, 0.29) is 18.4 Å². The van der Waals surface area contributed by atoms with Gasteiger partial charge in [0.05, 0.1) is 31.1 Å². The van der Waals surface area contributed by atoms with E-state index in [9.17, 15) is 0 Å². The lowest BCUT2D eigenvalue weighted by molar-refractivity contribution is -0.0855. The van der Waals surface area contributed by atoms with Crippen LogP contribution < -0.4 is 5.73 Å².